The number of rotatable bonds is 4. The lowest BCUT2D eigenvalue weighted by atomic mass is 10.2. The Hall–Kier alpha value is -1.73. The molecule has 8 heteroatoms. The minimum Gasteiger partial charge on any atom is -0.397 e. The summed E-state index contributed by atoms with van der Waals surface area (Å²) in [6.07, 6.45) is 3.10. The smallest absolute Gasteiger partial charge is 0.262 e. The van der Waals surface area contributed by atoms with Gasteiger partial charge in [-0.3, -0.25) is 9.40 Å². The first kappa shape index (κ1) is 15.7. The monoisotopic (exact) mass is 328 g/mol. The molecule has 0 aliphatic rings. The third kappa shape index (κ3) is 3.30. The molecule has 0 aliphatic carbocycles. The van der Waals surface area contributed by atoms with Gasteiger partial charge in [0.15, 0.2) is 0 Å². The molecule has 0 fully saturated rings. The molecule has 0 radical (unpaired) electrons. The van der Waals surface area contributed by atoms with Crippen LogP contribution in [0.2, 0.25) is 5.02 Å². The molecule has 0 unspecified atom stereocenters. The molecule has 0 bridgehead atoms. The highest BCUT2D eigenvalue weighted by atomic mass is 35.5. The van der Waals surface area contributed by atoms with Crippen molar-refractivity contribution < 1.29 is 8.42 Å². The molecule has 21 heavy (non-hydrogen) atoms. The van der Waals surface area contributed by atoms with Crippen molar-refractivity contribution in [2.75, 3.05) is 10.5 Å². The summed E-state index contributed by atoms with van der Waals surface area (Å²) in [5.74, 6) is 0. The first-order valence-electron chi connectivity index (χ1n) is 6.33. The number of nitrogens with one attached hydrogen (secondary N) is 1. The maximum atomic E-state index is 12.4. The van der Waals surface area contributed by atoms with Gasteiger partial charge in [0, 0.05) is 12.2 Å². The van der Waals surface area contributed by atoms with Crippen molar-refractivity contribution in [3.8, 4) is 0 Å². The fourth-order valence-electron chi connectivity index (χ4n) is 1.84. The van der Waals surface area contributed by atoms with Crippen LogP contribution in [0.15, 0.2) is 29.4 Å². The molecule has 1 heterocycles. The van der Waals surface area contributed by atoms with E-state index in [4.69, 9.17) is 17.3 Å². The number of nitrogen functional groups attached to an aromatic ring is 1. The molecule has 2 aromatic rings. The average molecular weight is 329 g/mol. The van der Waals surface area contributed by atoms with E-state index in [1.165, 1.54) is 18.3 Å². The first-order valence-corrected chi connectivity index (χ1v) is 8.19. The normalized spacial score (nSPS) is 11.9. The number of hydrogen-bond donors (Lipinski definition) is 2. The van der Waals surface area contributed by atoms with Gasteiger partial charge >= 0.3 is 0 Å². The quantitative estimate of drug-likeness (QED) is 0.844. The highest BCUT2D eigenvalue weighted by Gasteiger charge is 2.19. The van der Waals surface area contributed by atoms with E-state index in [0.29, 0.717) is 16.3 Å². The van der Waals surface area contributed by atoms with Crippen molar-refractivity contribution in [1.29, 1.82) is 0 Å². The van der Waals surface area contributed by atoms with E-state index in [2.05, 4.69) is 9.82 Å². The number of halogens is 1. The Bertz CT molecular complexity index is 768. The van der Waals surface area contributed by atoms with Crippen molar-refractivity contribution in [2.24, 2.45) is 0 Å². The van der Waals surface area contributed by atoms with Gasteiger partial charge in [-0.1, -0.05) is 11.6 Å². The summed E-state index contributed by atoms with van der Waals surface area (Å²) >= 11 is 5.88. The van der Waals surface area contributed by atoms with Crippen LogP contribution in [-0.2, 0) is 10.0 Å². The fourth-order valence-corrected chi connectivity index (χ4v) is 3.35. The zero-order chi connectivity index (χ0) is 15.8. The maximum absolute atomic E-state index is 12.4. The molecule has 0 saturated carbocycles. The van der Waals surface area contributed by atoms with Crippen LogP contribution < -0.4 is 10.5 Å². The fraction of sp³-hybridized carbons (Fsp3) is 0.308. The van der Waals surface area contributed by atoms with Crippen LogP contribution in [0.3, 0.4) is 0 Å². The number of nitrogens with two attached hydrogens (primary N) is 1. The molecule has 0 amide bonds. The van der Waals surface area contributed by atoms with Crippen LogP contribution >= 0.6 is 11.6 Å². The molecular weight excluding hydrogens is 312 g/mol. The van der Waals surface area contributed by atoms with Gasteiger partial charge in [-0.05, 0) is 38.5 Å². The number of sulfonamides is 1. The van der Waals surface area contributed by atoms with E-state index < -0.39 is 10.0 Å². The lowest BCUT2D eigenvalue weighted by Gasteiger charge is -2.10. The van der Waals surface area contributed by atoms with Gasteiger partial charge < -0.3 is 5.73 Å². The summed E-state index contributed by atoms with van der Waals surface area (Å²) < 4.78 is 29.0. The minimum absolute atomic E-state index is 0.0988. The van der Waals surface area contributed by atoms with Gasteiger partial charge in [-0.15, -0.1) is 0 Å². The molecule has 0 atom stereocenters. The molecule has 0 saturated heterocycles. The summed E-state index contributed by atoms with van der Waals surface area (Å²) in [5.41, 5.74) is 6.83. The van der Waals surface area contributed by atoms with E-state index in [1.54, 1.807) is 17.8 Å². The number of benzene rings is 1. The average Bonchev–Trinajstić information content (AvgIpc) is 2.81. The molecule has 0 spiro atoms. The lowest BCUT2D eigenvalue weighted by Crippen LogP contribution is -2.14. The van der Waals surface area contributed by atoms with E-state index >= 15 is 0 Å². The second kappa shape index (κ2) is 5.57. The Morgan fingerprint density at radius 1 is 1.38 bits per heavy atom. The van der Waals surface area contributed by atoms with E-state index in [1.807, 2.05) is 13.8 Å². The SMILES string of the molecule is Cc1cc(Cl)c(N)cc1S(=O)(=O)Nc1cnn(C(C)C)c1. The molecule has 1 aromatic heterocycles. The first-order chi connectivity index (χ1) is 9.70. The number of nitrogens with zero attached hydrogens (tertiary/aromatic N) is 2. The van der Waals surface area contributed by atoms with E-state index in [-0.39, 0.29) is 16.6 Å². The van der Waals surface area contributed by atoms with Crippen LogP contribution in [0.5, 0.6) is 0 Å². The third-order valence-corrected chi connectivity index (χ3v) is 4.82. The van der Waals surface area contributed by atoms with Crippen molar-refractivity contribution >= 4 is 33.0 Å². The maximum Gasteiger partial charge on any atom is 0.262 e. The second-order valence-corrected chi connectivity index (χ2v) is 7.11. The van der Waals surface area contributed by atoms with Crippen LogP contribution in [0.1, 0.15) is 25.5 Å². The topological polar surface area (TPSA) is 90.0 Å². The van der Waals surface area contributed by atoms with Crippen molar-refractivity contribution in [1.82, 2.24) is 9.78 Å². The molecular formula is C13H17ClN4O2S. The lowest BCUT2D eigenvalue weighted by molar-refractivity contribution is 0.532. The summed E-state index contributed by atoms with van der Waals surface area (Å²) in [6, 6.07) is 3.03. The standard InChI is InChI=1S/C13H17ClN4O2S/c1-8(2)18-7-10(6-16-18)17-21(19,20)13-5-12(15)11(14)4-9(13)3/h4-8,17H,15H2,1-3H3. The minimum atomic E-state index is -3.74. The van der Waals surface area contributed by atoms with Crippen molar-refractivity contribution in [2.45, 2.75) is 31.7 Å². The van der Waals surface area contributed by atoms with Gasteiger partial charge in [0.25, 0.3) is 10.0 Å². The predicted octanol–water partition coefficient (Wildman–Crippen LogP) is 2.81. The summed E-state index contributed by atoms with van der Waals surface area (Å²) in [7, 11) is -3.74. The number of aryl methyl sites for hydroxylation is 1. The Morgan fingerprint density at radius 3 is 2.62 bits per heavy atom. The third-order valence-electron chi connectivity index (χ3n) is 2.97. The molecule has 6 nitrogen and oxygen atoms in total. The van der Waals surface area contributed by atoms with E-state index in [0.717, 1.165) is 0 Å². The highest BCUT2D eigenvalue weighted by molar-refractivity contribution is 7.92. The van der Waals surface area contributed by atoms with Crippen LogP contribution in [0.4, 0.5) is 11.4 Å². The molecule has 2 rings (SSSR count). The van der Waals surface area contributed by atoms with Gasteiger partial charge in [0.2, 0.25) is 0 Å². The van der Waals surface area contributed by atoms with Crippen molar-refractivity contribution in [3.05, 3.63) is 35.1 Å². The Morgan fingerprint density at radius 2 is 2.05 bits per heavy atom. The van der Waals surface area contributed by atoms with Crippen molar-refractivity contribution in [3.63, 3.8) is 0 Å². The van der Waals surface area contributed by atoms with E-state index in [9.17, 15) is 8.42 Å². The van der Waals surface area contributed by atoms with Crippen LogP contribution in [-0.4, -0.2) is 18.2 Å². The largest absolute Gasteiger partial charge is 0.397 e. The molecule has 0 aliphatic heterocycles. The summed E-state index contributed by atoms with van der Waals surface area (Å²) in [5, 5.41) is 4.42. The number of anilines is 2. The van der Waals surface area contributed by atoms with Gasteiger partial charge in [-0.2, -0.15) is 5.10 Å². The Kier molecular flexibility index (Phi) is 4.15. The number of aromatic nitrogens is 2. The van der Waals surface area contributed by atoms with Gasteiger partial charge in [0.1, 0.15) is 0 Å². The summed E-state index contributed by atoms with van der Waals surface area (Å²) in [6.45, 7) is 5.57. The second-order valence-electron chi connectivity index (χ2n) is 5.05. The Labute approximate surface area is 129 Å². The van der Waals surface area contributed by atoms with Gasteiger partial charge in [-0.25, -0.2) is 8.42 Å². The zero-order valence-electron chi connectivity index (χ0n) is 12.0. The molecule has 1 aromatic carbocycles. The predicted molar refractivity (Wildman–Crippen MR) is 84.0 cm³/mol. The number of hydrogen-bond acceptors (Lipinski definition) is 4. The zero-order valence-corrected chi connectivity index (χ0v) is 13.5. The highest BCUT2D eigenvalue weighted by Crippen LogP contribution is 2.27. The van der Waals surface area contributed by atoms with Crippen LogP contribution in [0, 0.1) is 6.92 Å². The van der Waals surface area contributed by atoms with Crippen LogP contribution in [0.25, 0.3) is 0 Å². The Balaban J connectivity index is 2.36. The van der Waals surface area contributed by atoms with Gasteiger partial charge in [0.05, 0.1) is 27.5 Å². The molecule has 114 valence electrons. The summed E-state index contributed by atoms with van der Waals surface area (Å²) in [4.78, 5) is 0.0988. The molecule has 3 N–H and O–H groups in total.